The number of nitrogens with zero attached hydrogens (tertiary/aromatic N) is 2. The van der Waals surface area contributed by atoms with Crippen LogP contribution in [0.2, 0.25) is 0 Å². The monoisotopic (exact) mass is 179 g/mol. The summed E-state index contributed by atoms with van der Waals surface area (Å²) in [6.45, 7) is 4.06. The van der Waals surface area contributed by atoms with E-state index >= 15 is 0 Å². The van der Waals surface area contributed by atoms with Crippen LogP contribution < -0.4 is 5.73 Å². The minimum Gasteiger partial charge on any atom is -0.383 e. The molecule has 0 aliphatic carbocycles. The van der Waals surface area contributed by atoms with Gasteiger partial charge >= 0.3 is 0 Å². The molecule has 1 rings (SSSR count). The summed E-state index contributed by atoms with van der Waals surface area (Å²) < 4.78 is 0. The average Bonchev–Trinajstić information content (AvgIpc) is 2.03. The van der Waals surface area contributed by atoms with E-state index in [1.807, 2.05) is 33.2 Å². The number of nitrogen functional groups attached to an aromatic ring is 1. The van der Waals surface area contributed by atoms with Crippen LogP contribution in [-0.4, -0.2) is 24.0 Å². The maximum absolute atomic E-state index is 5.82. The Morgan fingerprint density at radius 2 is 2.00 bits per heavy atom. The molecular formula is C10H17N3. The molecule has 0 fully saturated rings. The van der Waals surface area contributed by atoms with Gasteiger partial charge in [0, 0.05) is 17.3 Å². The first-order valence-corrected chi connectivity index (χ1v) is 4.42. The molecule has 0 saturated heterocycles. The molecule has 1 aromatic rings. The van der Waals surface area contributed by atoms with Gasteiger partial charge in [0.1, 0.15) is 5.82 Å². The van der Waals surface area contributed by atoms with Crippen molar-refractivity contribution >= 4 is 5.82 Å². The van der Waals surface area contributed by atoms with E-state index in [9.17, 15) is 0 Å². The zero-order valence-corrected chi connectivity index (χ0v) is 8.70. The van der Waals surface area contributed by atoms with Gasteiger partial charge in [-0.2, -0.15) is 0 Å². The second-order valence-corrected chi connectivity index (χ2v) is 3.57. The summed E-state index contributed by atoms with van der Waals surface area (Å²) in [7, 11) is 4.06. The highest BCUT2D eigenvalue weighted by atomic mass is 15.1. The molecule has 0 spiro atoms. The van der Waals surface area contributed by atoms with E-state index in [0.29, 0.717) is 11.9 Å². The third-order valence-electron chi connectivity index (χ3n) is 2.32. The summed E-state index contributed by atoms with van der Waals surface area (Å²) in [6.07, 6.45) is 0. The quantitative estimate of drug-likeness (QED) is 0.749. The standard InChI is InChI=1S/C10H17N3/c1-7-5-6-9(10(11)12-7)8(2)13(3)4/h5-6,8H,1-4H3,(H2,11,12). The van der Waals surface area contributed by atoms with E-state index in [4.69, 9.17) is 5.73 Å². The Bertz CT molecular complexity index is 294. The summed E-state index contributed by atoms with van der Waals surface area (Å²) in [4.78, 5) is 6.34. The first kappa shape index (κ1) is 9.99. The normalized spacial score (nSPS) is 13.3. The lowest BCUT2D eigenvalue weighted by Crippen LogP contribution is -2.18. The molecule has 72 valence electrons. The van der Waals surface area contributed by atoms with Crippen LogP contribution in [0.15, 0.2) is 12.1 Å². The number of anilines is 1. The SMILES string of the molecule is Cc1ccc(C(C)N(C)C)c(N)n1. The maximum atomic E-state index is 5.82. The third-order valence-corrected chi connectivity index (χ3v) is 2.32. The van der Waals surface area contributed by atoms with Crippen LogP contribution >= 0.6 is 0 Å². The number of aryl methyl sites for hydroxylation is 1. The van der Waals surface area contributed by atoms with Crippen molar-refractivity contribution in [1.82, 2.24) is 9.88 Å². The smallest absolute Gasteiger partial charge is 0.128 e. The molecule has 2 N–H and O–H groups in total. The topological polar surface area (TPSA) is 42.1 Å². The summed E-state index contributed by atoms with van der Waals surface area (Å²) in [5, 5.41) is 0. The molecule has 1 heterocycles. The zero-order valence-electron chi connectivity index (χ0n) is 8.70. The summed E-state index contributed by atoms with van der Waals surface area (Å²) in [5.74, 6) is 0.640. The van der Waals surface area contributed by atoms with Gasteiger partial charge in [0.05, 0.1) is 0 Å². The van der Waals surface area contributed by atoms with E-state index in [1.54, 1.807) is 0 Å². The lowest BCUT2D eigenvalue weighted by atomic mass is 10.1. The van der Waals surface area contributed by atoms with E-state index in [2.05, 4.69) is 16.8 Å². The predicted molar refractivity (Wildman–Crippen MR) is 55.5 cm³/mol. The Hall–Kier alpha value is -1.09. The number of nitrogens with two attached hydrogens (primary N) is 1. The molecule has 1 aromatic heterocycles. The Labute approximate surface area is 79.6 Å². The first-order chi connectivity index (χ1) is 6.02. The first-order valence-electron chi connectivity index (χ1n) is 4.42. The minimum absolute atomic E-state index is 0.313. The predicted octanol–water partition coefficient (Wildman–Crippen LogP) is 1.59. The highest BCUT2D eigenvalue weighted by molar-refractivity contribution is 5.42. The molecule has 0 saturated carbocycles. The molecule has 0 aliphatic rings. The van der Waals surface area contributed by atoms with Gasteiger partial charge in [0.15, 0.2) is 0 Å². The van der Waals surface area contributed by atoms with Gasteiger partial charge in [-0.25, -0.2) is 4.98 Å². The molecule has 1 unspecified atom stereocenters. The summed E-state index contributed by atoms with van der Waals surface area (Å²) in [5.41, 5.74) is 7.88. The number of hydrogen-bond donors (Lipinski definition) is 1. The van der Waals surface area contributed by atoms with Gasteiger partial charge in [0.25, 0.3) is 0 Å². The van der Waals surface area contributed by atoms with Crippen molar-refractivity contribution in [3.63, 3.8) is 0 Å². The molecule has 3 nitrogen and oxygen atoms in total. The number of pyridine rings is 1. The van der Waals surface area contributed by atoms with Crippen molar-refractivity contribution in [2.24, 2.45) is 0 Å². The van der Waals surface area contributed by atoms with Crippen molar-refractivity contribution in [2.45, 2.75) is 19.9 Å². The zero-order chi connectivity index (χ0) is 10.0. The van der Waals surface area contributed by atoms with Crippen LogP contribution in [0.4, 0.5) is 5.82 Å². The molecule has 0 aliphatic heterocycles. The van der Waals surface area contributed by atoms with Crippen molar-refractivity contribution < 1.29 is 0 Å². The summed E-state index contributed by atoms with van der Waals surface area (Å²) >= 11 is 0. The minimum atomic E-state index is 0.313. The molecule has 1 atom stereocenters. The van der Waals surface area contributed by atoms with Gasteiger partial charge in [-0.3, -0.25) is 0 Å². The van der Waals surface area contributed by atoms with E-state index in [-0.39, 0.29) is 0 Å². The highest BCUT2D eigenvalue weighted by Gasteiger charge is 2.11. The van der Waals surface area contributed by atoms with Gasteiger partial charge < -0.3 is 10.6 Å². The summed E-state index contributed by atoms with van der Waals surface area (Å²) in [6, 6.07) is 4.35. The van der Waals surface area contributed by atoms with Crippen LogP contribution in [0.1, 0.15) is 24.2 Å². The average molecular weight is 179 g/mol. The highest BCUT2D eigenvalue weighted by Crippen LogP contribution is 2.21. The van der Waals surface area contributed by atoms with Crippen LogP contribution in [0, 0.1) is 6.92 Å². The molecule has 0 radical (unpaired) electrons. The lowest BCUT2D eigenvalue weighted by molar-refractivity contribution is 0.321. The molecule has 0 bridgehead atoms. The largest absolute Gasteiger partial charge is 0.383 e. The van der Waals surface area contributed by atoms with Crippen LogP contribution in [-0.2, 0) is 0 Å². The van der Waals surface area contributed by atoms with Gasteiger partial charge in [-0.1, -0.05) is 6.07 Å². The van der Waals surface area contributed by atoms with Crippen LogP contribution in [0.5, 0.6) is 0 Å². The van der Waals surface area contributed by atoms with E-state index in [0.717, 1.165) is 11.3 Å². The van der Waals surface area contributed by atoms with Crippen molar-refractivity contribution in [2.75, 3.05) is 19.8 Å². The molecule has 13 heavy (non-hydrogen) atoms. The second-order valence-electron chi connectivity index (χ2n) is 3.57. The Kier molecular flexibility index (Phi) is 2.88. The van der Waals surface area contributed by atoms with Gasteiger partial charge in [-0.15, -0.1) is 0 Å². The Morgan fingerprint density at radius 1 is 1.38 bits per heavy atom. The number of rotatable bonds is 2. The fourth-order valence-corrected chi connectivity index (χ4v) is 1.22. The van der Waals surface area contributed by atoms with Crippen molar-refractivity contribution in [1.29, 1.82) is 0 Å². The van der Waals surface area contributed by atoms with E-state index < -0.39 is 0 Å². The van der Waals surface area contributed by atoms with Crippen LogP contribution in [0.3, 0.4) is 0 Å². The second kappa shape index (κ2) is 3.75. The Morgan fingerprint density at radius 3 is 2.46 bits per heavy atom. The van der Waals surface area contributed by atoms with Crippen molar-refractivity contribution in [3.8, 4) is 0 Å². The fraction of sp³-hybridized carbons (Fsp3) is 0.500. The molecular weight excluding hydrogens is 162 g/mol. The molecule has 0 aromatic carbocycles. The van der Waals surface area contributed by atoms with Gasteiger partial charge in [-0.05, 0) is 34.0 Å². The fourth-order valence-electron chi connectivity index (χ4n) is 1.22. The molecule has 3 heteroatoms. The van der Waals surface area contributed by atoms with Crippen molar-refractivity contribution in [3.05, 3.63) is 23.4 Å². The van der Waals surface area contributed by atoms with Crippen LogP contribution in [0.25, 0.3) is 0 Å². The van der Waals surface area contributed by atoms with E-state index in [1.165, 1.54) is 0 Å². The van der Waals surface area contributed by atoms with Gasteiger partial charge in [0.2, 0.25) is 0 Å². The maximum Gasteiger partial charge on any atom is 0.128 e. The number of aromatic nitrogens is 1. The molecule has 0 amide bonds. The Balaban J connectivity index is 3.01. The third kappa shape index (κ3) is 2.18. The number of hydrogen-bond acceptors (Lipinski definition) is 3. The lowest BCUT2D eigenvalue weighted by Gasteiger charge is -2.21.